The minimum atomic E-state index is 0.542. The second kappa shape index (κ2) is 4.70. The molecule has 0 saturated carbocycles. The standard InChI is InChI=1S/C8H17NO2/c1-10-5-7-3-4-8(9-7)6-11-2/h7-9H,3-6H2,1-2H3/t7-,8+. The lowest BCUT2D eigenvalue weighted by Gasteiger charge is -2.12. The quantitative estimate of drug-likeness (QED) is 0.644. The van der Waals surface area contributed by atoms with Gasteiger partial charge in [-0.3, -0.25) is 0 Å². The topological polar surface area (TPSA) is 30.5 Å². The van der Waals surface area contributed by atoms with Gasteiger partial charge < -0.3 is 14.8 Å². The Labute approximate surface area is 68.1 Å². The van der Waals surface area contributed by atoms with Crippen molar-refractivity contribution in [3.05, 3.63) is 0 Å². The minimum absolute atomic E-state index is 0.542. The monoisotopic (exact) mass is 159 g/mol. The number of hydrogen-bond donors (Lipinski definition) is 1. The number of nitrogens with one attached hydrogen (secondary N) is 1. The van der Waals surface area contributed by atoms with Crippen LogP contribution in [0.2, 0.25) is 0 Å². The molecule has 66 valence electrons. The van der Waals surface area contributed by atoms with Crippen LogP contribution in [0.4, 0.5) is 0 Å². The summed E-state index contributed by atoms with van der Waals surface area (Å²) in [5, 5.41) is 3.44. The van der Waals surface area contributed by atoms with E-state index in [0.29, 0.717) is 12.1 Å². The third-order valence-electron chi connectivity index (χ3n) is 2.07. The first-order valence-corrected chi connectivity index (χ1v) is 4.10. The molecule has 1 N–H and O–H groups in total. The van der Waals surface area contributed by atoms with Crippen molar-refractivity contribution >= 4 is 0 Å². The van der Waals surface area contributed by atoms with Gasteiger partial charge in [0.25, 0.3) is 0 Å². The molecular formula is C8H17NO2. The third-order valence-corrected chi connectivity index (χ3v) is 2.07. The Hall–Kier alpha value is -0.120. The van der Waals surface area contributed by atoms with E-state index in [1.807, 2.05) is 0 Å². The van der Waals surface area contributed by atoms with E-state index in [-0.39, 0.29) is 0 Å². The van der Waals surface area contributed by atoms with Crippen LogP contribution < -0.4 is 5.32 Å². The summed E-state index contributed by atoms with van der Waals surface area (Å²) in [5.74, 6) is 0. The van der Waals surface area contributed by atoms with Gasteiger partial charge in [0.15, 0.2) is 0 Å². The average molecular weight is 159 g/mol. The summed E-state index contributed by atoms with van der Waals surface area (Å²) in [6, 6.07) is 1.08. The lowest BCUT2D eigenvalue weighted by molar-refractivity contribution is 0.153. The van der Waals surface area contributed by atoms with Crippen molar-refractivity contribution in [1.82, 2.24) is 5.32 Å². The average Bonchev–Trinajstić information content (AvgIpc) is 2.38. The van der Waals surface area contributed by atoms with Crippen LogP contribution in [0.3, 0.4) is 0 Å². The maximum Gasteiger partial charge on any atom is 0.0615 e. The highest BCUT2D eigenvalue weighted by Gasteiger charge is 2.22. The maximum atomic E-state index is 5.05. The highest BCUT2D eigenvalue weighted by atomic mass is 16.5. The predicted molar refractivity (Wildman–Crippen MR) is 43.7 cm³/mol. The third kappa shape index (κ3) is 2.77. The first kappa shape index (κ1) is 8.97. The van der Waals surface area contributed by atoms with Gasteiger partial charge in [-0.1, -0.05) is 0 Å². The van der Waals surface area contributed by atoms with Crippen LogP contribution in [-0.4, -0.2) is 39.5 Å². The van der Waals surface area contributed by atoms with Crippen LogP contribution in [0.25, 0.3) is 0 Å². The second-order valence-electron chi connectivity index (χ2n) is 3.05. The molecule has 1 heterocycles. The van der Waals surface area contributed by atoms with E-state index in [1.165, 1.54) is 12.8 Å². The molecule has 0 aliphatic carbocycles. The van der Waals surface area contributed by atoms with Crippen LogP contribution in [0, 0.1) is 0 Å². The van der Waals surface area contributed by atoms with Gasteiger partial charge in [0, 0.05) is 26.3 Å². The van der Waals surface area contributed by atoms with Gasteiger partial charge in [-0.15, -0.1) is 0 Å². The summed E-state index contributed by atoms with van der Waals surface area (Å²) < 4.78 is 10.1. The molecule has 0 unspecified atom stereocenters. The summed E-state index contributed by atoms with van der Waals surface area (Å²) in [7, 11) is 3.48. The van der Waals surface area contributed by atoms with Crippen LogP contribution in [-0.2, 0) is 9.47 Å². The molecule has 0 radical (unpaired) electrons. The molecular weight excluding hydrogens is 142 g/mol. The van der Waals surface area contributed by atoms with E-state index in [4.69, 9.17) is 9.47 Å². The van der Waals surface area contributed by atoms with Gasteiger partial charge in [0.1, 0.15) is 0 Å². The van der Waals surface area contributed by atoms with Gasteiger partial charge in [0.2, 0.25) is 0 Å². The normalized spacial score (nSPS) is 31.1. The molecule has 1 aliphatic rings. The molecule has 3 nitrogen and oxygen atoms in total. The summed E-state index contributed by atoms with van der Waals surface area (Å²) in [6.45, 7) is 1.64. The Morgan fingerprint density at radius 2 is 1.55 bits per heavy atom. The fraction of sp³-hybridized carbons (Fsp3) is 1.00. The van der Waals surface area contributed by atoms with Crippen molar-refractivity contribution in [2.24, 2.45) is 0 Å². The van der Waals surface area contributed by atoms with Gasteiger partial charge in [-0.2, -0.15) is 0 Å². The highest BCUT2D eigenvalue weighted by molar-refractivity contribution is 4.82. The molecule has 0 spiro atoms. The summed E-state index contributed by atoms with van der Waals surface area (Å²) in [5.41, 5.74) is 0. The Kier molecular flexibility index (Phi) is 3.83. The van der Waals surface area contributed by atoms with Crippen molar-refractivity contribution in [3.8, 4) is 0 Å². The van der Waals surface area contributed by atoms with E-state index in [2.05, 4.69) is 5.32 Å². The van der Waals surface area contributed by atoms with Crippen LogP contribution >= 0.6 is 0 Å². The Bertz CT molecular complexity index is 96.3. The molecule has 1 fully saturated rings. The van der Waals surface area contributed by atoms with Crippen molar-refractivity contribution in [2.75, 3.05) is 27.4 Å². The SMILES string of the molecule is COC[C@H]1CC[C@@H](COC)N1. The molecule has 0 aromatic rings. The molecule has 0 bridgehead atoms. The van der Waals surface area contributed by atoms with E-state index >= 15 is 0 Å². The van der Waals surface area contributed by atoms with Crippen molar-refractivity contribution in [1.29, 1.82) is 0 Å². The molecule has 1 aliphatic heterocycles. The van der Waals surface area contributed by atoms with Gasteiger partial charge in [-0.05, 0) is 12.8 Å². The fourth-order valence-electron chi connectivity index (χ4n) is 1.57. The summed E-state index contributed by atoms with van der Waals surface area (Å²) >= 11 is 0. The van der Waals surface area contributed by atoms with E-state index in [9.17, 15) is 0 Å². The van der Waals surface area contributed by atoms with E-state index in [1.54, 1.807) is 14.2 Å². The lowest BCUT2D eigenvalue weighted by atomic mass is 10.2. The van der Waals surface area contributed by atoms with E-state index < -0.39 is 0 Å². The van der Waals surface area contributed by atoms with Gasteiger partial charge in [0.05, 0.1) is 13.2 Å². The minimum Gasteiger partial charge on any atom is -0.383 e. The predicted octanol–water partition coefficient (Wildman–Crippen LogP) is 0.400. The zero-order valence-electron chi connectivity index (χ0n) is 7.30. The first-order valence-electron chi connectivity index (χ1n) is 4.10. The van der Waals surface area contributed by atoms with Gasteiger partial charge >= 0.3 is 0 Å². The number of hydrogen-bond acceptors (Lipinski definition) is 3. The molecule has 0 aromatic carbocycles. The smallest absolute Gasteiger partial charge is 0.0615 e. The number of methoxy groups -OCH3 is 2. The van der Waals surface area contributed by atoms with Crippen LogP contribution in [0.5, 0.6) is 0 Å². The summed E-state index contributed by atoms with van der Waals surface area (Å²) in [4.78, 5) is 0. The molecule has 0 amide bonds. The fourth-order valence-corrected chi connectivity index (χ4v) is 1.57. The van der Waals surface area contributed by atoms with Crippen molar-refractivity contribution < 1.29 is 9.47 Å². The second-order valence-corrected chi connectivity index (χ2v) is 3.05. The maximum absolute atomic E-state index is 5.05. The Morgan fingerprint density at radius 1 is 1.09 bits per heavy atom. The number of ether oxygens (including phenoxy) is 2. The number of rotatable bonds is 4. The zero-order valence-corrected chi connectivity index (χ0v) is 7.30. The lowest BCUT2D eigenvalue weighted by Crippen LogP contribution is -2.34. The van der Waals surface area contributed by atoms with Crippen LogP contribution in [0.15, 0.2) is 0 Å². The molecule has 3 heteroatoms. The van der Waals surface area contributed by atoms with Crippen LogP contribution in [0.1, 0.15) is 12.8 Å². The van der Waals surface area contributed by atoms with E-state index in [0.717, 1.165) is 13.2 Å². The zero-order chi connectivity index (χ0) is 8.10. The molecule has 11 heavy (non-hydrogen) atoms. The largest absolute Gasteiger partial charge is 0.383 e. The first-order chi connectivity index (χ1) is 5.36. The van der Waals surface area contributed by atoms with Crippen molar-refractivity contribution in [3.63, 3.8) is 0 Å². The summed E-state index contributed by atoms with van der Waals surface area (Å²) in [6.07, 6.45) is 2.42. The molecule has 0 aromatic heterocycles. The van der Waals surface area contributed by atoms with Gasteiger partial charge in [-0.25, -0.2) is 0 Å². The van der Waals surface area contributed by atoms with Crippen molar-refractivity contribution in [2.45, 2.75) is 24.9 Å². The highest BCUT2D eigenvalue weighted by Crippen LogP contribution is 2.12. The molecule has 2 atom stereocenters. The Balaban J connectivity index is 2.12. The Morgan fingerprint density at radius 3 is 1.91 bits per heavy atom. The molecule has 1 saturated heterocycles. The molecule has 1 rings (SSSR count).